The van der Waals surface area contributed by atoms with E-state index in [9.17, 15) is 13.2 Å². The van der Waals surface area contributed by atoms with Gasteiger partial charge >= 0.3 is 0 Å². The van der Waals surface area contributed by atoms with Gasteiger partial charge in [0.25, 0.3) is 15.9 Å². The van der Waals surface area contributed by atoms with Gasteiger partial charge in [0.1, 0.15) is 5.75 Å². The molecular weight excluding hydrogens is 428 g/mol. The van der Waals surface area contributed by atoms with Crippen LogP contribution in [0.1, 0.15) is 31.1 Å². The molecule has 9 heteroatoms. The minimum Gasteiger partial charge on any atom is -0.495 e. The van der Waals surface area contributed by atoms with Gasteiger partial charge in [-0.1, -0.05) is 17.7 Å². The molecule has 0 saturated carbocycles. The Balaban J connectivity index is 1.87. The summed E-state index contributed by atoms with van der Waals surface area (Å²) in [7, 11) is -2.53. The number of benzene rings is 2. The van der Waals surface area contributed by atoms with Crippen LogP contribution in [-0.4, -0.2) is 51.1 Å². The van der Waals surface area contributed by atoms with Gasteiger partial charge in [-0.2, -0.15) is 0 Å². The number of carbonyl (C=O) groups is 1. The topological polar surface area (TPSA) is 84.9 Å². The first-order chi connectivity index (χ1) is 14.0. The number of ether oxygens (including phenoxy) is 2. The number of sulfonamides is 1. The lowest BCUT2D eigenvalue weighted by atomic mass is 10.0. The Morgan fingerprint density at radius 2 is 2.00 bits per heavy atom. The average molecular weight is 453 g/mol. The molecule has 7 nitrogen and oxygen atoms in total. The number of morpholine rings is 1. The van der Waals surface area contributed by atoms with E-state index in [0.717, 1.165) is 0 Å². The Kier molecular flexibility index (Phi) is 6.31. The predicted octanol–water partition coefficient (Wildman–Crippen LogP) is 3.79. The fourth-order valence-electron chi connectivity index (χ4n) is 3.55. The van der Waals surface area contributed by atoms with E-state index in [1.165, 1.54) is 25.3 Å². The van der Waals surface area contributed by atoms with Crippen molar-refractivity contribution in [3.05, 3.63) is 53.1 Å². The molecule has 1 heterocycles. The van der Waals surface area contributed by atoms with Crippen molar-refractivity contribution in [2.75, 3.05) is 24.9 Å². The zero-order valence-electron chi connectivity index (χ0n) is 17.3. The number of anilines is 1. The molecule has 1 aliphatic rings. The number of halogens is 1. The Hall–Kier alpha value is -2.29. The minimum absolute atomic E-state index is 0.0315. The van der Waals surface area contributed by atoms with Crippen molar-refractivity contribution in [1.82, 2.24) is 4.90 Å². The molecule has 1 N–H and O–H groups in total. The van der Waals surface area contributed by atoms with Crippen molar-refractivity contribution in [3.63, 3.8) is 0 Å². The maximum atomic E-state index is 13.0. The molecule has 0 aliphatic carbocycles. The lowest BCUT2D eigenvalue weighted by Crippen LogP contribution is -2.53. The van der Waals surface area contributed by atoms with Gasteiger partial charge in [0.2, 0.25) is 0 Å². The van der Waals surface area contributed by atoms with Crippen LogP contribution in [-0.2, 0) is 14.8 Å². The first kappa shape index (κ1) is 22.4. The van der Waals surface area contributed by atoms with Crippen LogP contribution in [0.25, 0.3) is 0 Å². The van der Waals surface area contributed by atoms with Gasteiger partial charge in [-0.15, -0.1) is 0 Å². The third kappa shape index (κ3) is 5.06. The fourth-order valence-corrected chi connectivity index (χ4v) is 4.83. The summed E-state index contributed by atoms with van der Waals surface area (Å²) < 4.78 is 39.4. The largest absolute Gasteiger partial charge is 0.495 e. The zero-order valence-corrected chi connectivity index (χ0v) is 18.9. The van der Waals surface area contributed by atoms with Crippen LogP contribution in [0, 0.1) is 0 Å². The molecule has 30 heavy (non-hydrogen) atoms. The number of rotatable bonds is 5. The number of nitrogens with one attached hydrogen (secondary N) is 1. The maximum Gasteiger partial charge on any atom is 0.262 e. The van der Waals surface area contributed by atoms with E-state index in [0.29, 0.717) is 29.4 Å². The van der Waals surface area contributed by atoms with Crippen LogP contribution in [0.3, 0.4) is 0 Å². The quantitative estimate of drug-likeness (QED) is 0.746. The Bertz CT molecular complexity index is 1060. The van der Waals surface area contributed by atoms with Crippen molar-refractivity contribution in [2.45, 2.75) is 37.4 Å². The smallest absolute Gasteiger partial charge is 0.262 e. The molecule has 0 spiro atoms. The molecule has 162 valence electrons. The van der Waals surface area contributed by atoms with Crippen LogP contribution >= 0.6 is 11.6 Å². The fraction of sp³-hybridized carbons (Fsp3) is 0.381. The monoisotopic (exact) mass is 452 g/mol. The number of hydrogen-bond acceptors (Lipinski definition) is 5. The normalized spacial score (nSPS) is 18.7. The van der Waals surface area contributed by atoms with Crippen LogP contribution < -0.4 is 9.46 Å². The highest BCUT2D eigenvalue weighted by molar-refractivity contribution is 7.92. The lowest BCUT2D eigenvalue weighted by Gasteiger charge is -2.41. The van der Waals surface area contributed by atoms with Gasteiger partial charge < -0.3 is 14.4 Å². The molecule has 0 radical (unpaired) electrons. The molecule has 1 saturated heterocycles. The van der Waals surface area contributed by atoms with Gasteiger partial charge in [0.15, 0.2) is 0 Å². The SMILES string of the molecule is COc1ccc(Cl)cc1NS(=O)(=O)c1cccc(C(=O)N2CC(C)OC(C)(C)C2)c1. The van der Waals surface area contributed by atoms with Gasteiger partial charge in [-0.3, -0.25) is 9.52 Å². The van der Waals surface area contributed by atoms with Gasteiger partial charge in [0, 0.05) is 23.7 Å². The van der Waals surface area contributed by atoms with Crippen molar-refractivity contribution < 1.29 is 22.7 Å². The number of nitrogens with zero attached hydrogens (tertiary/aromatic N) is 1. The summed E-state index contributed by atoms with van der Waals surface area (Å²) >= 11 is 5.99. The highest BCUT2D eigenvalue weighted by Crippen LogP contribution is 2.30. The highest BCUT2D eigenvalue weighted by Gasteiger charge is 2.34. The molecule has 2 aromatic carbocycles. The summed E-state index contributed by atoms with van der Waals surface area (Å²) in [6, 6.07) is 10.6. The Labute approximate surface area is 182 Å². The van der Waals surface area contributed by atoms with Crippen LogP contribution in [0.4, 0.5) is 5.69 Å². The number of methoxy groups -OCH3 is 1. The predicted molar refractivity (Wildman–Crippen MR) is 116 cm³/mol. The third-order valence-electron chi connectivity index (χ3n) is 4.65. The molecule has 1 amide bonds. The van der Waals surface area contributed by atoms with Crippen molar-refractivity contribution in [1.29, 1.82) is 0 Å². The molecule has 2 aromatic rings. The van der Waals surface area contributed by atoms with Crippen molar-refractivity contribution in [3.8, 4) is 5.75 Å². The summed E-state index contributed by atoms with van der Waals surface area (Å²) in [5.74, 6) is 0.0929. The average Bonchev–Trinajstić information content (AvgIpc) is 2.66. The summed E-state index contributed by atoms with van der Waals surface area (Å²) in [6.45, 7) is 6.62. The van der Waals surface area contributed by atoms with E-state index < -0.39 is 15.6 Å². The number of carbonyl (C=O) groups excluding carboxylic acids is 1. The summed E-state index contributed by atoms with van der Waals surface area (Å²) in [4.78, 5) is 14.7. The summed E-state index contributed by atoms with van der Waals surface area (Å²) in [5, 5.41) is 0.362. The molecular formula is C21H25ClN2O5S. The molecule has 1 atom stereocenters. The minimum atomic E-state index is -3.97. The number of hydrogen-bond donors (Lipinski definition) is 1. The highest BCUT2D eigenvalue weighted by atomic mass is 35.5. The first-order valence-electron chi connectivity index (χ1n) is 9.44. The van der Waals surface area contributed by atoms with Crippen molar-refractivity contribution in [2.24, 2.45) is 0 Å². The van der Waals surface area contributed by atoms with E-state index in [-0.39, 0.29) is 22.6 Å². The maximum absolute atomic E-state index is 13.0. The van der Waals surface area contributed by atoms with E-state index >= 15 is 0 Å². The summed E-state index contributed by atoms with van der Waals surface area (Å²) in [5.41, 5.74) is 0.0353. The second kappa shape index (κ2) is 8.45. The van der Waals surface area contributed by atoms with Gasteiger partial charge in [-0.25, -0.2) is 8.42 Å². The lowest BCUT2D eigenvalue weighted by molar-refractivity contribution is -0.118. The van der Waals surface area contributed by atoms with Crippen LogP contribution in [0.15, 0.2) is 47.4 Å². The number of amides is 1. The van der Waals surface area contributed by atoms with Crippen LogP contribution in [0.5, 0.6) is 5.75 Å². The van der Waals surface area contributed by atoms with Crippen LogP contribution in [0.2, 0.25) is 5.02 Å². The molecule has 1 aliphatic heterocycles. The third-order valence-corrected chi connectivity index (χ3v) is 6.25. The van der Waals surface area contributed by atoms with Crippen molar-refractivity contribution >= 4 is 33.2 Å². The first-order valence-corrected chi connectivity index (χ1v) is 11.3. The Morgan fingerprint density at radius 3 is 2.67 bits per heavy atom. The van der Waals surface area contributed by atoms with E-state index in [2.05, 4.69) is 4.72 Å². The molecule has 1 unspecified atom stereocenters. The standard InChI is InChI=1S/C21H25ClN2O5S/c1-14-12-24(13-21(2,3)29-14)20(25)15-6-5-7-17(10-15)30(26,27)23-18-11-16(22)8-9-19(18)28-4/h5-11,14,23H,12-13H2,1-4H3. The van der Waals surface area contributed by atoms with E-state index in [1.54, 1.807) is 29.2 Å². The molecule has 0 aromatic heterocycles. The molecule has 3 rings (SSSR count). The summed E-state index contributed by atoms with van der Waals surface area (Å²) in [6.07, 6.45) is -0.110. The van der Waals surface area contributed by atoms with Gasteiger partial charge in [0.05, 0.1) is 29.4 Å². The zero-order chi connectivity index (χ0) is 22.1. The molecule has 1 fully saturated rings. The second-order valence-corrected chi connectivity index (χ2v) is 9.97. The van der Waals surface area contributed by atoms with E-state index in [1.807, 2.05) is 20.8 Å². The van der Waals surface area contributed by atoms with E-state index in [4.69, 9.17) is 21.1 Å². The molecule has 0 bridgehead atoms. The second-order valence-electron chi connectivity index (χ2n) is 7.85. The Morgan fingerprint density at radius 1 is 1.27 bits per heavy atom. The van der Waals surface area contributed by atoms with Gasteiger partial charge in [-0.05, 0) is 57.2 Å².